The summed E-state index contributed by atoms with van der Waals surface area (Å²) in [7, 11) is -4.43. The van der Waals surface area contributed by atoms with Crippen molar-refractivity contribution in [1.29, 1.82) is 0 Å². The number of hydrogen-bond donors (Lipinski definition) is 4. The van der Waals surface area contributed by atoms with E-state index in [0.29, 0.717) is 5.39 Å². The van der Waals surface area contributed by atoms with E-state index < -0.39 is 44.5 Å². The van der Waals surface area contributed by atoms with Crippen LogP contribution in [0.4, 0.5) is 5.82 Å². The molecule has 5 N–H and O–H groups in total. The minimum atomic E-state index is -4.43. The molecule has 6 atom stereocenters. The number of nitrogen functional groups attached to an aromatic ring is 1. The Morgan fingerprint density at radius 3 is 2.46 bits per heavy atom. The molecule has 0 aliphatic heterocycles. The molecular formula is C31H35N6O8P. The lowest BCUT2D eigenvalue weighted by atomic mass is 10.1. The van der Waals surface area contributed by atoms with Crippen molar-refractivity contribution in [2.75, 3.05) is 5.73 Å². The molecule has 0 fully saturated rings. The Morgan fingerprint density at radius 1 is 0.978 bits per heavy atom. The first-order chi connectivity index (χ1) is 22.0. The molecule has 0 bridgehead atoms. The highest BCUT2D eigenvalue weighted by atomic mass is 31.2. The molecule has 5 aromatic rings. The zero-order chi connectivity index (χ0) is 32.8. The number of nitrogens with zero attached hydrogens (tertiary/aromatic N) is 4. The van der Waals surface area contributed by atoms with Crippen molar-refractivity contribution in [3.63, 3.8) is 0 Å². The number of aromatic nitrogens is 4. The van der Waals surface area contributed by atoms with Gasteiger partial charge in [0.15, 0.2) is 11.5 Å². The standard InChI is InChI=1S/C31H35N6O8P/c1-19(30(39)42-16-22-10-5-4-6-11-22)36-46(41,45-25-15-9-13-23-12-7-8-14-24(23)25)44-21(3)27(20(2)38)43-31(40)37-18-35-26-28(32)33-17-34-29(26)37/h4-15,17-21,27,31,38,40H,16H2,1-3H3,(H,36,41)(H2,32,33,34)/t19?,20?,21?,27-,31?,46?/m0/s1. The first-order valence-corrected chi connectivity index (χ1v) is 16.0. The molecular weight excluding hydrogens is 615 g/mol. The fourth-order valence-corrected chi connectivity index (χ4v) is 6.47. The van der Waals surface area contributed by atoms with Gasteiger partial charge in [0.2, 0.25) is 6.41 Å². The molecule has 0 amide bonds. The third-order valence-electron chi connectivity index (χ3n) is 7.04. The highest BCUT2D eigenvalue weighted by molar-refractivity contribution is 7.52. The molecule has 0 saturated carbocycles. The second-order valence-corrected chi connectivity index (χ2v) is 12.2. The molecule has 0 spiro atoms. The van der Waals surface area contributed by atoms with Gasteiger partial charge in [-0.1, -0.05) is 66.7 Å². The SMILES string of the molecule is CC(NP(=O)(Oc1cccc2ccccc12)OC(C)[C@@H](OC(O)n1cnc2c(N)ncnc21)C(C)O)C(=O)OCc1ccccc1. The van der Waals surface area contributed by atoms with E-state index in [1.165, 1.54) is 38.0 Å². The van der Waals surface area contributed by atoms with Crippen molar-refractivity contribution in [2.24, 2.45) is 0 Å². The Kier molecular flexibility index (Phi) is 10.3. The summed E-state index contributed by atoms with van der Waals surface area (Å²) < 4.78 is 38.8. The zero-order valence-corrected chi connectivity index (χ0v) is 26.2. The Bertz CT molecular complexity index is 1830. The van der Waals surface area contributed by atoms with Gasteiger partial charge in [-0.25, -0.2) is 19.5 Å². The number of carbonyl (C=O) groups is 1. The van der Waals surface area contributed by atoms with Gasteiger partial charge >= 0.3 is 13.7 Å². The number of hydrogen-bond acceptors (Lipinski definition) is 12. The largest absolute Gasteiger partial charge is 0.460 e. The molecule has 2 heterocycles. The summed E-state index contributed by atoms with van der Waals surface area (Å²) in [6.45, 7) is 4.36. The van der Waals surface area contributed by atoms with Gasteiger partial charge in [-0.3, -0.25) is 13.9 Å². The van der Waals surface area contributed by atoms with E-state index in [9.17, 15) is 19.6 Å². The Balaban J connectivity index is 1.38. The van der Waals surface area contributed by atoms with Crippen molar-refractivity contribution in [1.82, 2.24) is 24.6 Å². The molecule has 14 nitrogen and oxygen atoms in total. The van der Waals surface area contributed by atoms with Crippen LogP contribution in [-0.2, 0) is 30.0 Å². The van der Waals surface area contributed by atoms with E-state index in [4.69, 9.17) is 24.3 Å². The number of anilines is 1. The predicted octanol–water partition coefficient (Wildman–Crippen LogP) is 4.09. The van der Waals surface area contributed by atoms with Gasteiger partial charge in [-0.05, 0) is 37.8 Å². The third kappa shape index (κ3) is 7.68. The lowest BCUT2D eigenvalue weighted by Gasteiger charge is -2.32. The molecule has 15 heteroatoms. The van der Waals surface area contributed by atoms with E-state index >= 15 is 0 Å². The predicted molar refractivity (Wildman–Crippen MR) is 169 cm³/mol. The fourth-order valence-electron chi connectivity index (χ4n) is 4.76. The van der Waals surface area contributed by atoms with Crippen LogP contribution in [-0.4, -0.2) is 60.1 Å². The summed E-state index contributed by atoms with van der Waals surface area (Å²) in [5.74, 6) is -0.370. The lowest BCUT2D eigenvalue weighted by molar-refractivity contribution is -0.221. The van der Waals surface area contributed by atoms with Gasteiger partial charge in [-0.15, -0.1) is 0 Å². The van der Waals surface area contributed by atoms with Crippen LogP contribution in [0.25, 0.3) is 21.9 Å². The van der Waals surface area contributed by atoms with Crippen LogP contribution in [0, 0.1) is 0 Å². The lowest BCUT2D eigenvalue weighted by Crippen LogP contribution is -2.42. The second-order valence-electron chi connectivity index (χ2n) is 10.6. The quantitative estimate of drug-likeness (QED) is 0.0764. The maximum atomic E-state index is 14.5. The fraction of sp³-hybridized carbons (Fsp3) is 0.290. The van der Waals surface area contributed by atoms with E-state index in [1.54, 1.807) is 24.3 Å². The number of carbonyl (C=O) groups excluding carboxylic acids is 1. The van der Waals surface area contributed by atoms with Crippen LogP contribution in [0.2, 0.25) is 0 Å². The van der Waals surface area contributed by atoms with Crippen LogP contribution in [0.1, 0.15) is 32.7 Å². The van der Waals surface area contributed by atoms with Gasteiger partial charge < -0.3 is 29.9 Å². The van der Waals surface area contributed by atoms with Crippen LogP contribution in [0.15, 0.2) is 85.5 Å². The summed E-state index contributed by atoms with van der Waals surface area (Å²) >= 11 is 0. The van der Waals surface area contributed by atoms with Crippen molar-refractivity contribution in [3.8, 4) is 5.75 Å². The molecule has 0 saturated heterocycles. The molecule has 0 aliphatic rings. The molecule has 242 valence electrons. The number of aliphatic hydroxyl groups is 2. The number of nitrogens with one attached hydrogen (secondary N) is 1. The number of aliphatic hydroxyl groups excluding tert-OH is 2. The number of benzene rings is 3. The van der Waals surface area contributed by atoms with Crippen molar-refractivity contribution >= 4 is 41.5 Å². The van der Waals surface area contributed by atoms with Crippen LogP contribution >= 0.6 is 7.75 Å². The summed E-state index contributed by atoms with van der Waals surface area (Å²) in [5.41, 5.74) is 7.06. The van der Waals surface area contributed by atoms with Gasteiger partial charge in [-0.2, -0.15) is 5.09 Å². The van der Waals surface area contributed by atoms with E-state index in [0.717, 1.165) is 10.9 Å². The highest BCUT2D eigenvalue weighted by Crippen LogP contribution is 2.48. The van der Waals surface area contributed by atoms with Gasteiger partial charge in [0.1, 0.15) is 42.7 Å². The number of rotatable bonds is 14. The average Bonchev–Trinajstić information content (AvgIpc) is 3.48. The smallest absolute Gasteiger partial charge is 0.459 e. The summed E-state index contributed by atoms with van der Waals surface area (Å²) in [5, 5.41) is 25.7. The van der Waals surface area contributed by atoms with E-state index in [2.05, 4.69) is 20.0 Å². The number of nitrogens with two attached hydrogens (primary N) is 1. The van der Waals surface area contributed by atoms with E-state index in [-0.39, 0.29) is 29.3 Å². The Morgan fingerprint density at radius 2 is 1.70 bits per heavy atom. The minimum Gasteiger partial charge on any atom is -0.460 e. The summed E-state index contributed by atoms with van der Waals surface area (Å²) in [6, 6.07) is 20.5. The summed E-state index contributed by atoms with van der Waals surface area (Å²) in [4.78, 5) is 25.0. The minimum absolute atomic E-state index is 0.00671. The molecule has 2 aromatic heterocycles. The van der Waals surface area contributed by atoms with Crippen molar-refractivity contribution in [3.05, 3.63) is 91.0 Å². The van der Waals surface area contributed by atoms with Gasteiger partial charge in [0, 0.05) is 5.39 Å². The van der Waals surface area contributed by atoms with Gasteiger partial charge in [0.05, 0.1) is 12.2 Å². The molecule has 46 heavy (non-hydrogen) atoms. The summed E-state index contributed by atoms with van der Waals surface area (Å²) in [6.07, 6.45) is -2.92. The number of fused-ring (bicyclic) bond motifs is 2. The molecule has 5 rings (SSSR count). The second kappa shape index (κ2) is 14.3. The third-order valence-corrected chi connectivity index (χ3v) is 8.80. The molecule has 0 aliphatic carbocycles. The number of esters is 1. The van der Waals surface area contributed by atoms with Crippen molar-refractivity contribution in [2.45, 2.75) is 58.1 Å². The average molecular weight is 651 g/mol. The zero-order valence-electron chi connectivity index (χ0n) is 25.3. The number of ether oxygens (including phenoxy) is 2. The maximum absolute atomic E-state index is 14.5. The van der Waals surface area contributed by atoms with Crippen LogP contribution in [0.3, 0.4) is 0 Å². The first-order valence-electron chi connectivity index (χ1n) is 14.4. The number of imidazole rings is 1. The van der Waals surface area contributed by atoms with Crippen LogP contribution in [0.5, 0.6) is 5.75 Å². The topological polar surface area (TPSA) is 193 Å². The molecule has 5 unspecified atom stereocenters. The van der Waals surface area contributed by atoms with Crippen molar-refractivity contribution < 1.29 is 38.1 Å². The van der Waals surface area contributed by atoms with E-state index in [1.807, 2.05) is 48.5 Å². The molecule has 0 radical (unpaired) electrons. The maximum Gasteiger partial charge on any atom is 0.459 e. The molecule has 3 aromatic carbocycles. The Labute approximate surface area is 264 Å². The first kappa shape index (κ1) is 32.9. The van der Waals surface area contributed by atoms with Crippen LogP contribution < -0.4 is 15.3 Å². The normalized spacial score (nSPS) is 16.3. The Hall–Kier alpha value is -4.43. The highest BCUT2D eigenvalue weighted by Gasteiger charge is 2.39. The monoisotopic (exact) mass is 650 g/mol. The van der Waals surface area contributed by atoms with Gasteiger partial charge in [0.25, 0.3) is 0 Å².